The van der Waals surface area contributed by atoms with Gasteiger partial charge in [-0.25, -0.2) is 15.0 Å². The predicted molar refractivity (Wildman–Crippen MR) is 126 cm³/mol. The summed E-state index contributed by atoms with van der Waals surface area (Å²) in [6.45, 7) is 1.99. The number of thiazole rings is 1. The highest BCUT2D eigenvalue weighted by atomic mass is 32.1. The molecular formula is C25H23N5OS. The normalized spacial score (nSPS) is 14.7. The molecule has 1 fully saturated rings. The molecule has 32 heavy (non-hydrogen) atoms. The number of ketones is 1. The lowest BCUT2D eigenvalue weighted by Crippen LogP contribution is -2.43. The van der Waals surface area contributed by atoms with Crippen LogP contribution in [0.2, 0.25) is 0 Å². The fourth-order valence-electron chi connectivity index (χ4n) is 4.24. The molecule has 7 heteroatoms. The molecule has 160 valence electrons. The summed E-state index contributed by atoms with van der Waals surface area (Å²) in [6, 6.07) is 12.1. The number of aryl methyl sites for hydroxylation is 1. The first-order chi connectivity index (χ1) is 15.5. The molecule has 0 aliphatic heterocycles. The van der Waals surface area contributed by atoms with Crippen molar-refractivity contribution in [1.82, 2.24) is 19.9 Å². The average Bonchev–Trinajstić information content (AvgIpc) is 3.21. The minimum Gasteiger partial charge on any atom is -0.368 e. The fourth-order valence-corrected chi connectivity index (χ4v) is 4.86. The lowest BCUT2D eigenvalue weighted by Gasteiger charge is -2.41. The van der Waals surface area contributed by atoms with Crippen LogP contribution >= 0.6 is 11.3 Å². The zero-order chi connectivity index (χ0) is 22.1. The minimum atomic E-state index is -0.414. The van der Waals surface area contributed by atoms with Gasteiger partial charge < -0.3 is 5.73 Å². The molecule has 1 saturated carbocycles. The summed E-state index contributed by atoms with van der Waals surface area (Å²) >= 11 is 1.62. The lowest BCUT2D eigenvalue weighted by atomic mass is 9.61. The first-order valence-electron chi connectivity index (χ1n) is 10.6. The maximum absolute atomic E-state index is 13.4. The second-order valence-corrected chi connectivity index (χ2v) is 9.30. The molecule has 6 nitrogen and oxygen atoms in total. The van der Waals surface area contributed by atoms with Crippen LogP contribution < -0.4 is 5.73 Å². The van der Waals surface area contributed by atoms with Gasteiger partial charge in [0.05, 0.1) is 16.1 Å². The van der Waals surface area contributed by atoms with E-state index < -0.39 is 5.41 Å². The third-order valence-corrected chi connectivity index (χ3v) is 7.04. The first-order valence-corrected chi connectivity index (χ1v) is 11.5. The van der Waals surface area contributed by atoms with Gasteiger partial charge in [-0.15, -0.1) is 11.3 Å². The van der Waals surface area contributed by atoms with E-state index in [0.717, 1.165) is 57.9 Å². The monoisotopic (exact) mass is 441 g/mol. The molecule has 1 aliphatic rings. The molecule has 4 aromatic rings. The van der Waals surface area contributed by atoms with E-state index in [-0.39, 0.29) is 11.7 Å². The molecule has 3 heterocycles. The molecule has 1 aliphatic carbocycles. The third kappa shape index (κ3) is 3.80. The van der Waals surface area contributed by atoms with Crippen LogP contribution in [0.3, 0.4) is 0 Å². The van der Waals surface area contributed by atoms with Crippen LogP contribution in [-0.4, -0.2) is 25.7 Å². The molecule has 2 N–H and O–H groups in total. The number of anilines is 1. The van der Waals surface area contributed by atoms with Gasteiger partial charge in [0.2, 0.25) is 5.95 Å². The van der Waals surface area contributed by atoms with Crippen LogP contribution in [0, 0.1) is 6.92 Å². The van der Waals surface area contributed by atoms with Gasteiger partial charge in [0.1, 0.15) is 5.78 Å². The van der Waals surface area contributed by atoms with Crippen LogP contribution in [-0.2, 0) is 16.6 Å². The van der Waals surface area contributed by atoms with E-state index in [0.29, 0.717) is 6.42 Å². The Bertz CT molecular complexity index is 1240. The number of Topliss-reactive ketones (excluding diaryl/α,β-unsaturated/α-hetero) is 1. The van der Waals surface area contributed by atoms with Gasteiger partial charge in [-0.05, 0) is 43.0 Å². The third-order valence-electron chi connectivity index (χ3n) is 6.26. The number of nitrogens with two attached hydrogens (primary N) is 1. The van der Waals surface area contributed by atoms with Crippen LogP contribution in [0.4, 0.5) is 5.95 Å². The van der Waals surface area contributed by atoms with E-state index in [1.165, 1.54) is 0 Å². The first kappa shape index (κ1) is 20.5. The van der Waals surface area contributed by atoms with Crippen LogP contribution in [0.1, 0.15) is 35.5 Å². The van der Waals surface area contributed by atoms with Gasteiger partial charge in [-0.1, -0.05) is 30.7 Å². The highest BCUT2D eigenvalue weighted by Crippen LogP contribution is 2.45. The summed E-state index contributed by atoms with van der Waals surface area (Å²) in [5, 5.41) is 3.06. The Labute approximate surface area is 190 Å². The highest BCUT2D eigenvalue weighted by molar-refractivity contribution is 7.09. The summed E-state index contributed by atoms with van der Waals surface area (Å²) in [6.07, 6.45) is 8.40. The number of carbonyl (C=O) groups is 1. The second kappa shape index (κ2) is 8.24. The maximum atomic E-state index is 13.4. The van der Waals surface area contributed by atoms with Gasteiger partial charge in [-0.2, -0.15) is 0 Å². The molecule has 0 spiro atoms. The number of hydrogen-bond acceptors (Lipinski definition) is 7. The number of rotatable bonds is 6. The number of nitrogens with zero attached hydrogens (tertiary/aromatic N) is 4. The summed E-state index contributed by atoms with van der Waals surface area (Å²) in [5.41, 5.74) is 10.9. The highest BCUT2D eigenvalue weighted by Gasteiger charge is 2.44. The Morgan fingerprint density at radius 3 is 2.22 bits per heavy atom. The summed E-state index contributed by atoms with van der Waals surface area (Å²) in [7, 11) is 0. The smallest absolute Gasteiger partial charge is 0.219 e. The zero-order valence-electron chi connectivity index (χ0n) is 17.8. The number of pyridine rings is 1. The standard InChI is InChI=1S/C25H23N5OS/c1-16-30-22(15-32-16)18-5-8-21(27-12-18)11-23(31)25(9-2-10-25)20-6-3-17(4-7-20)19-13-28-24(26)29-14-19/h3-8,12-15H,2,9-11H2,1H3,(H2,26,28,29). The summed E-state index contributed by atoms with van der Waals surface area (Å²) in [4.78, 5) is 30.6. The Morgan fingerprint density at radius 1 is 0.969 bits per heavy atom. The zero-order valence-corrected chi connectivity index (χ0v) is 18.6. The van der Waals surface area contributed by atoms with E-state index in [2.05, 4.69) is 32.1 Å². The average molecular weight is 442 g/mol. The van der Waals surface area contributed by atoms with E-state index in [1.54, 1.807) is 23.7 Å². The van der Waals surface area contributed by atoms with E-state index in [9.17, 15) is 4.79 Å². The number of hydrogen-bond donors (Lipinski definition) is 1. The topological polar surface area (TPSA) is 94.7 Å². The molecule has 0 bridgehead atoms. The van der Waals surface area contributed by atoms with Crippen LogP contribution in [0.5, 0.6) is 0 Å². The molecule has 0 amide bonds. The molecule has 0 atom stereocenters. The molecule has 0 unspecified atom stereocenters. The van der Waals surface area contributed by atoms with E-state index in [1.807, 2.05) is 42.8 Å². The van der Waals surface area contributed by atoms with E-state index >= 15 is 0 Å². The Kier molecular flexibility index (Phi) is 5.27. The van der Waals surface area contributed by atoms with Crippen molar-refractivity contribution in [2.45, 2.75) is 38.0 Å². The van der Waals surface area contributed by atoms with Gasteiger partial charge in [-0.3, -0.25) is 9.78 Å². The van der Waals surface area contributed by atoms with Crippen molar-refractivity contribution in [3.63, 3.8) is 0 Å². The minimum absolute atomic E-state index is 0.233. The maximum Gasteiger partial charge on any atom is 0.219 e. The van der Waals surface area contributed by atoms with Crippen LogP contribution in [0.15, 0.2) is 60.4 Å². The van der Waals surface area contributed by atoms with Crippen molar-refractivity contribution in [3.05, 3.63) is 76.6 Å². The van der Waals surface area contributed by atoms with Crippen molar-refractivity contribution in [2.24, 2.45) is 0 Å². The van der Waals surface area contributed by atoms with Gasteiger partial charge in [0.15, 0.2) is 0 Å². The van der Waals surface area contributed by atoms with Gasteiger partial charge in [0.25, 0.3) is 0 Å². The van der Waals surface area contributed by atoms with Crippen molar-refractivity contribution in [1.29, 1.82) is 0 Å². The quantitative estimate of drug-likeness (QED) is 0.462. The summed E-state index contributed by atoms with van der Waals surface area (Å²) in [5.74, 6) is 0.491. The van der Waals surface area contributed by atoms with Crippen LogP contribution in [0.25, 0.3) is 22.4 Å². The molecule has 0 radical (unpaired) electrons. The summed E-state index contributed by atoms with van der Waals surface area (Å²) < 4.78 is 0. The number of nitrogen functional groups attached to an aromatic ring is 1. The number of aromatic nitrogens is 4. The van der Waals surface area contributed by atoms with Gasteiger partial charge >= 0.3 is 0 Å². The number of carbonyl (C=O) groups excluding carboxylic acids is 1. The molecule has 5 rings (SSSR count). The Balaban J connectivity index is 1.33. The Hall–Kier alpha value is -3.45. The SMILES string of the molecule is Cc1nc(-c2ccc(CC(=O)C3(c4ccc(-c5cnc(N)nc5)cc4)CCC3)nc2)cs1. The second-order valence-electron chi connectivity index (χ2n) is 8.23. The van der Waals surface area contributed by atoms with Crippen molar-refractivity contribution in [3.8, 4) is 22.4 Å². The molecule has 0 saturated heterocycles. The number of benzene rings is 1. The molecular weight excluding hydrogens is 418 g/mol. The largest absolute Gasteiger partial charge is 0.368 e. The lowest BCUT2D eigenvalue weighted by molar-refractivity contribution is -0.127. The van der Waals surface area contributed by atoms with Crippen molar-refractivity contribution >= 4 is 23.1 Å². The van der Waals surface area contributed by atoms with Crippen molar-refractivity contribution in [2.75, 3.05) is 5.73 Å². The fraction of sp³-hybridized carbons (Fsp3) is 0.240. The molecule has 1 aromatic carbocycles. The molecule has 3 aromatic heterocycles. The van der Waals surface area contributed by atoms with Gasteiger partial charge in [0, 0.05) is 47.2 Å². The Morgan fingerprint density at radius 2 is 1.66 bits per heavy atom. The predicted octanol–water partition coefficient (Wildman–Crippen LogP) is 4.79. The van der Waals surface area contributed by atoms with E-state index in [4.69, 9.17) is 5.73 Å². The van der Waals surface area contributed by atoms with Crippen molar-refractivity contribution < 1.29 is 4.79 Å².